The number of carbonyl (C=O) groups is 2. The third-order valence-electron chi connectivity index (χ3n) is 4.85. The van der Waals surface area contributed by atoms with Crippen molar-refractivity contribution in [1.29, 1.82) is 0 Å². The van der Waals surface area contributed by atoms with Crippen molar-refractivity contribution >= 4 is 22.9 Å². The molecule has 2 heterocycles. The quantitative estimate of drug-likeness (QED) is 0.583. The predicted octanol–water partition coefficient (Wildman–Crippen LogP) is 1.75. The Morgan fingerprint density at radius 2 is 1.93 bits per heavy atom. The largest absolute Gasteiger partial charge is 0.507 e. The van der Waals surface area contributed by atoms with Gasteiger partial charge in [0.25, 0.3) is 5.56 Å². The van der Waals surface area contributed by atoms with Crippen LogP contribution >= 0.6 is 0 Å². The number of hydrogen-bond acceptors (Lipinski definition) is 7. The number of hydrogen-bond donors (Lipinski definition) is 2. The summed E-state index contributed by atoms with van der Waals surface area (Å²) in [6.07, 6.45) is 0.705. The molecule has 1 aromatic carbocycles. The van der Waals surface area contributed by atoms with Gasteiger partial charge in [0.05, 0.1) is 30.7 Å². The predicted molar refractivity (Wildman–Crippen MR) is 106 cm³/mol. The van der Waals surface area contributed by atoms with Crippen LogP contribution in [0.25, 0.3) is 11.0 Å². The lowest BCUT2D eigenvalue weighted by molar-refractivity contribution is -0.141. The van der Waals surface area contributed by atoms with Crippen molar-refractivity contribution in [2.24, 2.45) is 0 Å². The SMILES string of the molecule is COC(=O)C[C@@H](c1coc2ccccc2c1=O)c1c(O)cc(C)n(CC(=O)O)c1=O. The van der Waals surface area contributed by atoms with Gasteiger partial charge in [-0.1, -0.05) is 12.1 Å². The number of methoxy groups -OCH3 is 1. The van der Waals surface area contributed by atoms with Crippen LogP contribution in [0.1, 0.15) is 29.2 Å². The monoisotopic (exact) mass is 413 g/mol. The molecule has 0 aliphatic rings. The molecular formula is C21H19NO8. The second-order valence-electron chi connectivity index (χ2n) is 6.72. The second kappa shape index (κ2) is 8.24. The molecule has 2 aromatic heterocycles. The molecule has 3 rings (SSSR count). The lowest BCUT2D eigenvalue weighted by Crippen LogP contribution is -2.32. The number of carboxylic acid groups (broad SMARTS) is 1. The Morgan fingerprint density at radius 1 is 1.23 bits per heavy atom. The molecule has 0 fully saturated rings. The minimum atomic E-state index is -1.26. The van der Waals surface area contributed by atoms with Crippen molar-refractivity contribution in [2.75, 3.05) is 7.11 Å². The average molecular weight is 413 g/mol. The summed E-state index contributed by atoms with van der Waals surface area (Å²) >= 11 is 0. The molecule has 9 heteroatoms. The van der Waals surface area contributed by atoms with Crippen molar-refractivity contribution in [3.63, 3.8) is 0 Å². The van der Waals surface area contributed by atoms with Crippen LogP contribution in [0.2, 0.25) is 0 Å². The molecule has 0 saturated carbocycles. The fourth-order valence-corrected chi connectivity index (χ4v) is 3.38. The number of aliphatic carboxylic acids is 1. The van der Waals surface area contributed by atoms with Crippen LogP contribution in [0.5, 0.6) is 5.75 Å². The van der Waals surface area contributed by atoms with E-state index >= 15 is 0 Å². The third-order valence-corrected chi connectivity index (χ3v) is 4.85. The number of nitrogens with zero attached hydrogens (tertiary/aromatic N) is 1. The molecule has 1 atom stereocenters. The fraction of sp³-hybridized carbons (Fsp3) is 0.238. The van der Waals surface area contributed by atoms with E-state index in [-0.39, 0.29) is 22.2 Å². The summed E-state index contributed by atoms with van der Waals surface area (Å²) in [5.41, 5.74) is -1.08. The lowest BCUT2D eigenvalue weighted by Gasteiger charge is -2.19. The molecule has 0 radical (unpaired) electrons. The zero-order valence-electron chi connectivity index (χ0n) is 16.2. The minimum Gasteiger partial charge on any atom is -0.507 e. The van der Waals surface area contributed by atoms with Gasteiger partial charge in [-0.25, -0.2) is 0 Å². The van der Waals surface area contributed by atoms with Crippen LogP contribution in [-0.2, 0) is 20.9 Å². The van der Waals surface area contributed by atoms with E-state index in [2.05, 4.69) is 0 Å². The highest BCUT2D eigenvalue weighted by Gasteiger charge is 2.29. The van der Waals surface area contributed by atoms with E-state index in [1.54, 1.807) is 18.2 Å². The van der Waals surface area contributed by atoms with Crippen molar-refractivity contribution in [3.05, 3.63) is 74.0 Å². The van der Waals surface area contributed by atoms with Crippen LogP contribution in [0.3, 0.4) is 0 Å². The van der Waals surface area contributed by atoms with Crippen molar-refractivity contribution in [1.82, 2.24) is 4.57 Å². The first-order chi connectivity index (χ1) is 14.2. The highest BCUT2D eigenvalue weighted by Crippen LogP contribution is 2.32. The molecule has 0 aliphatic carbocycles. The first kappa shape index (κ1) is 20.8. The van der Waals surface area contributed by atoms with Crippen LogP contribution in [0.4, 0.5) is 0 Å². The van der Waals surface area contributed by atoms with Gasteiger partial charge in [-0.3, -0.25) is 19.2 Å². The molecule has 0 unspecified atom stereocenters. The van der Waals surface area contributed by atoms with Crippen molar-refractivity contribution in [2.45, 2.75) is 25.8 Å². The molecule has 2 N–H and O–H groups in total. The zero-order valence-corrected chi connectivity index (χ0v) is 16.2. The summed E-state index contributed by atoms with van der Waals surface area (Å²) in [5.74, 6) is -3.64. The average Bonchev–Trinajstić information content (AvgIpc) is 2.70. The van der Waals surface area contributed by atoms with Gasteiger partial charge in [-0.05, 0) is 25.1 Å². The van der Waals surface area contributed by atoms with Gasteiger partial charge in [0.2, 0.25) is 0 Å². The van der Waals surface area contributed by atoms with Crippen LogP contribution < -0.4 is 11.0 Å². The Morgan fingerprint density at radius 3 is 2.60 bits per heavy atom. The van der Waals surface area contributed by atoms with E-state index < -0.39 is 47.6 Å². The van der Waals surface area contributed by atoms with E-state index in [4.69, 9.17) is 14.3 Å². The number of esters is 1. The molecule has 0 spiro atoms. The molecule has 30 heavy (non-hydrogen) atoms. The Hall–Kier alpha value is -3.88. The highest BCUT2D eigenvalue weighted by molar-refractivity contribution is 5.78. The number of carbonyl (C=O) groups excluding carboxylic acids is 1. The highest BCUT2D eigenvalue weighted by atomic mass is 16.5. The standard InChI is InChI=1S/C21H19NO8/c1-11-7-15(23)19(21(28)22(11)9-17(24)25)13(8-18(26)29-2)14-10-30-16-6-4-3-5-12(16)20(14)27/h3-7,10,13,23H,8-9H2,1-2H3,(H,24,25)/t13-/m0/s1. The zero-order chi connectivity index (χ0) is 22.0. The molecule has 0 amide bonds. The number of rotatable bonds is 6. The maximum atomic E-state index is 13.1. The minimum absolute atomic E-state index is 0.0303. The summed E-state index contributed by atoms with van der Waals surface area (Å²) in [4.78, 5) is 49.4. The Labute approximate surface area is 169 Å². The van der Waals surface area contributed by atoms with Gasteiger partial charge in [0.1, 0.15) is 17.9 Å². The van der Waals surface area contributed by atoms with E-state index in [9.17, 15) is 24.3 Å². The van der Waals surface area contributed by atoms with Crippen LogP contribution in [-0.4, -0.2) is 33.8 Å². The van der Waals surface area contributed by atoms with Crippen LogP contribution in [0.15, 0.2) is 50.6 Å². The molecule has 3 aromatic rings. The van der Waals surface area contributed by atoms with Gasteiger partial charge in [0.15, 0.2) is 5.43 Å². The summed E-state index contributed by atoms with van der Waals surface area (Å²) in [7, 11) is 1.15. The van der Waals surface area contributed by atoms with Gasteiger partial charge >= 0.3 is 11.9 Å². The van der Waals surface area contributed by atoms with E-state index in [0.29, 0.717) is 5.58 Å². The maximum absolute atomic E-state index is 13.1. The van der Waals surface area contributed by atoms with Crippen molar-refractivity contribution < 1.29 is 29.0 Å². The number of benzene rings is 1. The lowest BCUT2D eigenvalue weighted by atomic mass is 9.88. The number of ether oxygens (including phenoxy) is 1. The number of aryl methyl sites for hydroxylation is 1. The Bertz CT molecular complexity index is 1250. The van der Waals surface area contributed by atoms with E-state index in [0.717, 1.165) is 17.9 Å². The number of para-hydroxylation sites is 1. The van der Waals surface area contributed by atoms with Gasteiger partial charge in [-0.15, -0.1) is 0 Å². The first-order valence-electron chi connectivity index (χ1n) is 8.97. The fourth-order valence-electron chi connectivity index (χ4n) is 3.38. The number of fused-ring (bicyclic) bond motifs is 1. The number of aromatic hydroxyl groups is 1. The third kappa shape index (κ3) is 3.82. The molecule has 156 valence electrons. The summed E-state index contributed by atoms with van der Waals surface area (Å²) in [6, 6.07) is 7.68. The first-order valence-corrected chi connectivity index (χ1v) is 8.97. The van der Waals surface area contributed by atoms with Crippen molar-refractivity contribution in [3.8, 4) is 5.75 Å². The summed E-state index contributed by atoms with van der Waals surface area (Å²) in [6.45, 7) is 0.822. The Balaban J connectivity index is 2.30. The smallest absolute Gasteiger partial charge is 0.323 e. The molecule has 9 nitrogen and oxygen atoms in total. The number of carboxylic acids is 1. The van der Waals surface area contributed by atoms with E-state index in [1.807, 2.05) is 0 Å². The molecular weight excluding hydrogens is 394 g/mol. The summed E-state index contributed by atoms with van der Waals surface area (Å²) < 4.78 is 11.1. The van der Waals surface area contributed by atoms with E-state index in [1.165, 1.54) is 19.1 Å². The Kier molecular flexibility index (Phi) is 5.72. The van der Waals surface area contributed by atoms with Gasteiger partial charge in [0, 0.05) is 17.2 Å². The second-order valence-corrected chi connectivity index (χ2v) is 6.72. The normalized spacial score (nSPS) is 11.9. The van der Waals surface area contributed by atoms with Gasteiger partial charge < -0.3 is 23.9 Å². The molecule has 0 bridgehead atoms. The molecule has 0 saturated heterocycles. The number of pyridine rings is 1. The molecule has 0 aliphatic heterocycles. The van der Waals surface area contributed by atoms with Gasteiger partial charge in [-0.2, -0.15) is 0 Å². The summed E-state index contributed by atoms with van der Waals surface area (Å²) in [5, 5.41) is 19.9. The maximum Gasteiger partial charge on any atom is 0.323 e. The topological polar surface area (TPSA) is 136 Å². The number of aromatic nitrogens is 1. The van der Waals surface area contributed by atoms with Crippen LogP contribution in [0, 0.1) is 6.92 Å².